The van der Waals surface area contributed by atoms with E-state index in [-0.39, 0.29) is 0 Å². The van der Waals surface area contributed by atoms with Gasteiger partial charge in [0.1, 0.15) is 0 Å². The summed E-state index contributed by atoms with van der Waals surface area (Å²) < 4.78 is 37.8. The minimum absolute atomic E-state index is 1.46. The number of hydrogen-bond acceptors (Lipinski definition) is 6. The van der Waals surface area contributed by atoms with Crippen molar-refractivity contribution in [2.75, 3.05) is 0 Å². The predicted octanol–water partition coefficient (Wildman–Crippen LogP) is 5.09. The molecule has 1 heterocycles. The van der Waals surface area contributed by atoms with Gasteiger partial charge in [-0.05, 0) is 37.6 Å². The molecule has 1 fully saturated rings. The van der Waals surface area contributed by atoms with Gasteiger partial charge in [0.25, 0.3) is 0 Å². The molecule has 168 valence electrons. The summed E-state index contributed by atoms with van der Waals surface area (Å²) in [5, 5.41) is 0. The second-order valence-corrected chi connectivity index (χ2v) is 28.0. The van der Waals surface area contributed by atoms with E-state index < -0.39 is 50.0 Å². The molecule has 0 radical (unpaired) electrons. The minimum atomic E-state index is -3.50. The summed E-state index contributed by atoms with van der Waals surface area (Å²) in [5.41, 5.74) is 9.30. The molecule has 1 aliphatic heterocycles. The van der Waals surface area contributed by atoms with Crippen LogP contribution in [0.25, 0.3) is 0 Å². The summed E-state index contributed by atoms with van der Waals surface area (Å²) in [6, 6.07) is 0. The molecule has 14 heteroatoms. The van der Waals surface area contributed by atoms with Gasteiger partial charge in [-0.3, -0.25) is 0 Å². The van der Waals surface area contributed by atoms with E-state index in [1.165, 1.54) is 11.4 Å². The zero-order valence-electron chi connectivity index (χ0n) is 17.9. The first-order valence-corrected chi connectivity index (χ1v) is 24.4. The normalized spacial score (nSPS) is 45.8. The first kappa shape index (κ1) is 28.1. The van der Waals surface area contributed by atoms with Crippen LogP contribution in [0.2, 0.25) is 26.2 Å². The largest absolute Gasteiger partial charge is 0.453 e. The fourth-order valence-corrected chi connectivity index (χ4v) is 30.6. The van der Waals surface area contributed by atoms with E-state index in [2.05, 4.69) is 39.5 Å². The molecule has 0 saturated carbocycles. The maximum absolute atomic E-state index is 6.79. The summed E-state index contributed by atoms with van der Waals surface area (Å²) in [6.45, 7) is 30.2. The summed E-state index contributed by atoms with van der Waals surface area (Å²) in [4.78, 5) is 0. The molecule has 1 aliphatic rings. The average Bonchev–Trinajstić information content (AvgIpc) is 2.66. The van der Waals surface area contributed by atoms with Crippen LogP contribution in [0.4, 0.5) is 0 Å². The highest BCUT2D eigenvalue weighted by atomic mass is 35.6. The van der Waals surface area contributed by atoms with Crippen LogP contribution in [0.3, 0.4) is 0 Å². The monoisotopic (exact) mass is 556 g/mol. The van der Waals surface area contributed by atoms with Gasteiger partial charge in [0.15, 0.2) is 0 Å². The van der Waals surface area contributed by atoms with Crippen molar-refractivity contribution in [1.29, 1.82) is 0 Å². The third-order valence-electron chi connectivity index (χ3n) is 4.15. The fourth-order valence-electron chi connectivity index (χ4n) is 2.54. The standard InChI is InChI=1S/C16H30Cl2O6Si6/c1-11-25(7)19-26(8,12-2)22-30(18,16-6)24-28(10,14-4)20-27(9,13-3)23-29(17,15-5)21-25/h11-16H,1-6H2,7-10H3. The Bertz CT molecular complexity index is 568. The molecule has 0 aromatic carbocycles. The van der Waals surface area contributed by atoms with Crippen LogP contribution in [-0.2, 0) is 24.7 Å². The van der Waals surface area contributed by atoms with E-state index in [4.69, 9.17) is 46.8 Å². The van der Waals surface area contributed by atoms with Gasteiger partial charge in [-0.15, -0.1) is 39.5 Å². The van der Waals surface area contributed by atoms with Crippen LogP contribution in [0.5, 0.6) is 0 Å². The first-order chi connectivity index (χ1) is 13.6. The van der Waals surface area contributed by atoms with Crippen LogP contribution in [0.1, 0.15) is 0 Å². The molecule has 0 aromatic heterocycles. The lowest BCUT2D eigenvalue weighted by molar-refractivity contribution is 0.262. The summed E-state index contributed by atoms with van der Waals surface area (Å²) in [6.07, 6.45) is 0. The topological polar surface area (TPSA) is 55.4 Å². The van der Waals surface area contributed by atoms with Crippen molar-refractivity contribution in [2.45, 2.75) is 26.2 Å². The summed E-state index contributed by atoms with van der Waals surface area (Å²) >= 11 is 13.6. The van der Waals surface area contributed by atoms with Gasteiger partial charge in [0, 0.05) is 0 Å². The molecule has 0 N–H and O–H groups in total. The highest BCUT2D eigenvalue weighted by Gasteiger charge is 2.56. The van der Waals surface area contributed by atoms with E-state index in [0.717, 1.165) is 0 Å². The molecule has 1 saturated heterocycles. The predicted molar refractivity (Wildman–Crippen MR) is 137 cm³/mol. The minimum Gasteiger partial charge on any atom is -0.410 e. The van der Waals surface area contributed by atoms with Crippen LogP contribution in [-0.4, -0.2) is 50.0 Å². The Kier molecular flexibility index (Phi) is 9.30. The third kappa shape index (κ3) is 7.04. The van der Waals surface area contributed by atoms with Crippen LogP contribution >= 0.6 is 22.2 Å². The Morgan fingerprint density at radius 3 is 0.767 bits per heavy atom. The van der Waals surface area contributed by atoms with Crippen molar-refractivity contribution in [2.24, 2.45) is 0 Å². The van der Waals surface area contributed by atoms with Crippen molar-refractivity contribution in [1.82, 2.24) is 0 Å². The summed E-state index contributed by atoms with van der Waals surface area (Å²) in [5.74, 6) is 0. The lowest BCUT2D eigenvalue weighted by Crippen LogP contribution is -2.64. The number of hydrogen-bond donors (Lipinski definition) is 0. The van der Waals surface area contributed by atoms with Gasteiger partial charge < -0.3 is 24.7 Å². The highest BCUT2D eigenvalue weighted by molar-refractivity contribution is 7.22. The van der Waals surface area contributed by atoms with E-state index >= 15 is 0 Å². The molecule has 1 rings (SSSR count). The second kappa shape index (κ2) is 9.92. The van der Waals surface area contributed by atoms with Crippen molar-refractivity contribution >= 4 is 72.1 Å². The molecule has 0 amide bonds. The molecule has 30 heavy (non-hydrogen) atoms. The molecule has 0 bridgehead atoms. The van der Waals surface area contributed by atoms with E-state index in [0.29, 0.717) is 0 Å². The maximum atomic E-state index is 6.79. The average molecular weight is 558 g/mol. The molecule has 0 aliphatic carbocycles. The Morgan fingerprint density at radius 2 is 0.633 bits per heavy atom. The van der Waals surface area contributed by atoms with Crippen molar-refractivity contribution in [3.8, 4) is 0 Å². The zero-order valence-corrected chi connectivity index (χ0v) is 25.4. The quantitative estimate of drug-likeness (QED) is 0.335. The number of rotatable bonds is 6. The first-order valence-electron chi connectivity index (χ1n) is 9.01. The summed E-state index contributed by atoms with van der Waals surface area (Å²) in [7, 11) is -19.5. The van der Waals surface area contributed by atoms with Gasteiger partial charge in [-0.2, -0.15) is 0 Å². The fraction of sp³-hybridized carbons (Fsp3) is 0.250. The van der Waals surface area contributed by atoms with Crippen LogP contribution < -0.4 is 0 Å². The van der Waals surface area contributed by atoms with Gasteiger partial charge in [0.2, 0.25) is 0 Å². The second-order valence-electron chi connectivity index (χ2n) is 7.07. The maximum Gasteiger partial charge on any atom is 0.453 e. The smallest absolute Gasteiger partial charge is 0.410 e. The third-order valence-corrected chi connectivity index (χ3v) is 29.2. The van der Waals surface area contributed by atoms with Gasteiger partial charge in [-0.25, -0.2) is 0 Å². The van der Waals surface area contributed by atoms with E-state index in [9.17, 15) is 0 Å². The van der Waals surface area contributed by atoms with E-state index in [1.807, 2.05) is 0 Å². The Morgan fingerprint density at radius 1 is 0.433 bits per heavy atom. The van der Waals surface area contributed by atoms with Crippen molar-refractivity contribution in [3.05, 3.63) is 73.7 Å². The highest BCUT2D eigenvalue weighted by Crippen LogP contribution is 2.35. The lowest BCUT2D eigenvalue weighted by atomic mass is 11.3. The van der Waals surface area contributed by atoms with E-state index in [1.54, 1.807) is 49.0 Å². The van der Waals surface area contributed by atoms with Crippen LogP contribution in [0, 0.1) is 0 Å². The molecule has 0 spiro atoms. The van der Waals surface area contributed by atoms with Crippen LogP contribution in [0.15, 0.2) is 73.7 Å². The Balaban J connectivity index is 3.70. The molecule has 6 nitrogen and oxygen atoms in total. The van der Waals surface area contributed by atoms with Crippen molar-refractivity contribution < 1.29 is 24.7 Å². The van der Waals surface area contributed by atoms with Gasteiger partial charge in [0.05, 0.1) is 0 Å². The molecule has 0 aromatic rings. The Hall–Kier alpha value is 0.0813. The van der Waals surface area contributed by atoms with Gasteiger partial charge in [-0.1, -0.05) is 45.0 Å². The molecular weight excluding hydrogens is 528 g/mol. The van der Waals surface area contributed by atoms with Crippen molar-refractivity contribution in [3.63, 3.8) is 0 Å². The molecule has 4 unspecified atom stereocenters. The number of halogens is 2. The zero-order chi connectivity index (χ0) is 23.5. The molecule has 4 atom stereocenters. The SMILES string of the molecule is C=C[Si]1(C)O[Si](C)(C=C)O[Si](Cl)(C=C)O[Si](C)(C=C)O[Si](C)(C=C)O[Si](Cl)(C=C)O1. The lowest BCUT2D eigenvalue weighted by Gasteiger charge is -2.45. The molecular formula is C16H30Cl2O6Si6. The van der Waals surface area contributed by atoms with Gasteiger partial charge >= 0.3 is 50.0 Å². The Labute approximate surface area is 196 Å².